The van der Waals surface area contributed by atoms with Gasteiger partial charge in [0.1, 0.15) is 12.4 Å². The number of halogens is 1. The fraction of sp³-hybridized carbons (Fsp3) is 0.316. The van der Waals surface area contributed by atoms with Crippen LogP contribution in [-0.2, 0) is 14.8 Å². The van der Waals surface area contributed by atoms with Crippen LogP contribution in [0.1, 0.15) is 30.5 Å². The van der Waals surface area contributed by atoms with Crippen LogP contribution in [0.25, 0.3) is 0 Å². The maximum absolute atomic E-state index is 14.0. The number of nitrogens with zero attached hydrogens (tertiary/aromatic N) is 1. The zero-order chi connectivity index (χ0) is 19.3. The van der Waals surface area contributed by atoms with Crippen LogP contribution in [0.4, 0.5) is 10.1 Å². The standard InChI is InChI=1S/C19H23FN2O3S/c1-4-17(15-11-9-14(2)10-12-15)21-19(23)13-22(26(3,24)25)18-8-6-5-7-16(18)20/h5-12,17H,4,13H2,1-3H3,(H,21,23). The summed E-state index contributed by atoms with van der Waals surface area (Å²) in [5, 5.41) is 2.83. The van der Waals surface area contributed by atoms with Crippen LogP contribution >= 0.6 is 0 Å². The summed E-state index contributed by atoms with van der Waals surface area (Å²) in [4.78, 5) is 12.5. The molecule has 2 aromatic carbocycles. The van der Waals surface area contributed by atoms with E-state index in [9.17, 15) is 17.6 Å². The largest absolute Gasteiger partial charge is 0.348 e. The molecule has 2 aromatic rings. The van der Waals surface area contributed by atoms with E-state index in [1.54, 1.807) is 0 Å². The number of carbonyl (C=O) groups excluding carboxylic acids is 1. The van der Waals surface area contributed by atoms with E-state index < -0.39 is 28.3 Å². The van der Waals surface area contributed by atoms with E-state index in [1.807, 2.05) is 38.1 Å². The highest BCUT2D eigenvalue weighted by Crippen LogP contribution is 2.22. The SMILES string of the molecule is CCC(NC(=O)CN(c1ccccc1F)S(C)(=O)=O)c1ccc(C)cc1. The molecule has 0 aliphatic heterocycles. The quantitative estimate of drug-likeness (QED) is 0.805. The van der Waals surface area contributed by atoms with Crippen LogP contribution in [0.5, 0.6) is 0 Å². The topological polar surface area (TPSA) is 66.5 Å². The van der Waals surface area contributed by atoms with Gasteiger partial charge in [0.25, 0.3) is 0 Å². The van der Waals surface area contributed by atoms with Crippen molar-refractivity contribution in [1.82, 2.24) is 5.32 Å². The Morgan fingerprint density at radius 2 is 1.77 bits per heavy atom. The molecule has 0 heterocycles. The number of carbonyl (C=O) groups is 1. The van der Waals surface area contributed by atoms with Gasteiger partial charge in [0.05, 0.1) is 18.0 Å². The van der Waals surface area contributed by atoms with E-state index in [1.165, 1.54) is 18.2 Å². The van der Waals surface area contributed by atoms with E-state index in [0.29, 0.717) is 6.42 Å². The molecule has 0 saturated heterocycles. The van der Waals surface area contributed by atoms with Gasteiger partial charge in [-0.15, -0.1) is 0 Å². The number of sulfonamides is 1. The molecular formula is C19H23FN2O3S. The fourth-order valence-electron chi connectivity index (χ4n) is 2.63. The first-order chi connectivity index (χ1) is 12.2. The van der Waals surface area contributed by atoms with E-state index in [0.717, 1.165) is 27.8 Å². The van der Waals surface area contributed by atoms with Crippen molar-refractivity contribution >= 4 is 21.6 Å². The number of hydrogen-bond acceptors (Lipinski definition) is 3. The molecule has 1 unspecified atom stereocenters. The second-order valence-electron chi connectivity index (χ2n) is 6.16. The average molecular weight is 378 g/mol. The molecule has 0 spiro atoms. The molecule has 1 N–H and O–H groups in total. The van der Waals surface area contributed by atoms with Gasteiger partial charge in [0.2, 0.25) is 15.9 Å². The summed E-state index contributed by atoms with van der Waals surface area (Å²) in [6, 6.07) is 13.0. The summed E-state index contributed by atoms with van der Waals surface area (Å²) in [6.07, 6.45) is 1.59. The first-order valence-corrected chi connectivity index (χ1v) is 10.2. The predicted octanol–water partition coefficient (Wildman–Crippen LogP) is 3.17. The Morgan fingerprint density at radius 3 is 2.31 bits per heavy atom. The van der Waals surface area contributed by atoms with Crippen LogP contribution in [0, 0.1) is 12.7 Å². The van der Waals surface area contributed by atoms with Crippen LogP contribution in [0.15, 0.2) is 48.5 Å². The number of rotatable bonds is 7. The molecule has 26 heavy (non-hydrogen) atoms. The monoisotopic (exact) mass is 378 g/mol. The lowest BCUT2D eigenvalue weighted by atomic mass is 10.0. The molecule has 0 bridgehead atoms. The molecule has 1 atom stereocenters. The molecular weight excluding hydrogens is 355 g/mol. The Kier molecular flexibility index (Phi) is 6.37. The first kappa shape index (κ1) is 19.9. The van der Waals surface area contributed by atoms with Crippen LogP contribution < -0.4 is 9.62 Å². The third kappa shape index (κ3) is 5.05. The number of aryl methyl sites for hydroxylation is 1. The minimum atomic E-state index is -3.82. The minimum absolute atomic E-state index is 0.145. The van der Waals surface area contributed by atoms with Crippen molar-refractivity contribution in [1.29, 1.82) is 0 Å². The maximum Gasteiger partial charge on any atom is 0.241 e. The normalized spacial score (nSPS) is 12.5. The van der Waals surface area contributed by atoms with Gasteiger partial charge < -0.3 is 5.32 Å². The molecule has 2 rings (SSSR count). The van der Waals surface area contributed by atoms with Crippen molar-refractivity contribution in [3.05, 3.63) is 65.5 Å². The van der Waals surface area contributed by atoms with Crippen LogP contribution in [-0.4, -0.2) is 27.1 Å². The molecule has 0 radical (unpaired) electrons. The number of benzene rings is 2. The average Bonchev–Trinajstić information content (AvgIpc) is 2.58. The Bertz CT molecular complexity index is 867. The van der Waals surface area contributed by atoms with Crippen molar-refractivity contribution in [2.45, 2.75) is 26.3 Å². The third-order valence-electron chi connectivity index (χ3n) is 4.03. The molecule has 7 heteroatoms. The number of amides is 1. The summed E-state index contributed by atoms with van der Waals surface area (Å²) in [5.41, 5.74) is 1.90. The lowest BCUT2D eigenvalue weighted by molar-refractivity contribution is -0.120. The summed E-state index contributed by atoms with van der Waals surface area (Å²) >= 11 is 0. The highest BCUT2D eigenvalue weighted by Gasteiger charge is 2.24. The number of nitrogens with one attached hydrogen (secondary N) is 1. The van der Waals surface area contributed by atoms with Crippen molar-refractivity contribution in [3.8, 4) is 0 Å². The first-order valence-electron chi connectivity index (χ1n) is 8.30. The minimum Gasteiger partial charge on any atom is -0.348 e. The Morgan fingerprint density at radius 1 is 1.15 bits per heavy atom. The molecule has 1 amide bonds. The van der Waals surface area contributed by atoms with Gasteiger partial charge in [-0.25, -0.2) is 12.8 Å². The maximum atomic E-state index is 14.0. The fourth-order valence-corrected chi connectivity index (χ4v) is 3.48. The molecule has 0 saturated carbocycles. The van der Waals surface area contributed by atoms with Gasteiger partial charge in [0, 0.05) is 0 Å². The number of para-hydroxylation sites is 1. The van der Waals surface area contributed by atoms with Gasteiger partial charge in [-0.05, 0) is 31.0 Å². The van der Waals surface area contributed by atoms with Crippen molar-refractivity contribution in [3.63, 3.8) is 0 Å². The summed E-state index contributed by atoms with van der Waals surface area (Å²) in [6.45, 7) is 3.42. The summed E-state index contributed by atoms with van der Waals surface area (Å²) in [5.74, 6) is -1.19. The van der Waals surface area contributed by atoms with Crippen molar-refractivity contribution < 1.29 is 17.6 Å². The summed E-state index contributed by atoms with van der Waals surface area (Å²) in [7, 11) is -3.82. The Hall–Kier alpha value is -2.41. The van der Waals surface area contributed by atoms with E-state index in [2.05, 4.69) is 5.32 Å². The van der Waals surface area contributed by atoms with Gasteiger partial charge in [0.15, 0.2) is 0 Å². The lowest BCUT2D eigenvalue weighted by Crippen LogP contribution is -2.41. The van der Waals surface area contributed by atoms with Gasteiger partial charge in [-0.3, -0.25) is 9.10 Å². The highest BCUT2D eigenvalue weighted by atomic mass is 32.2. The molecule has 0 aliphatic rings. The molecule has 0 fully saturated rings. The lowest BCUT2D eigenvalue weighted by Gasteiger charge is -2.24. The smallest absolute Gasteiger partial charge is 0.241 e. The second-order valence-corrected chi connectivity index (χ2v) is 8.07. The molecule has 0 aromatic heterocycles. The van der Waals surface area contributed by atoms with Crippen LogP contribution in [0.2, 0.25) is 0 Å². The predicted molar refractivity (Wildman–Crippen MR) is 101 cm³/mol. The highest BCUT2D eigenvalue weighted by molar-refractivity contribution is 7.92. The number of anilines is 1. The van der Waals surface area contributed by atoms with Crippen molar-refractivity contribution in [2.75, 3.05) is 17.1 Å². The third-order valence-corrected chi connectivity index (χ3v) is 5.16. The van der Waals surface area contributed by atoms with E-state index >= 15 is 0 Å². The van der Waals surface area contributed by atoms with E-state index in [4.69, 9.17) is 0 Å². The Labute approximate surface area is 153 Å². The van der Waals surface area contributed by atoms with E-state index in [-0.39, 0.29) is 11.7 Å². The molecule has 5 nitrogen and oxygen atoms in total. The zero-order valence-electron chi connectivity index (χ0n) is 15.1. The number of hydrogen-bond donors (Lipinski definition) is 1. The van der Waals surface area contributed by atoms with Gasteiger partial charge in [-0.1, -0.05) is 48.9 Å². The van der Waals surface area contributed by atoms with Crippen LogP contribution in [0.3, 0.4) is 0 Å². The second kappa shape index (κ2) is 8.31. The molecule has 0 aliphatic carbocycles. The van der Waals surface area contributed by atoms with Gasteiger partial charge in [-0.2, -0.15) is 0 Å². The summed E-state index contributed by atoms with van der Waals surface area (Å²) < 4.78 is 38.9. The van der Waals surface area contributed by atoms with Crippen molar-refractivity contribution in [2.24, 2.45) is 0 Å². The molecule has 140 valence electrons. The zero-order valence-corrected chi connectivity index (χ0v) is 15.9. The van der Waals surface area contributed by atoms with Gasteiger partial charge >= 0.3 is 0 Å². The Balaban J connectivity index is 2.19.